The first-order valence-corrected chi connectivity index (χ1v) is 7.92. The van der Waals surface area contributed by atoms with Crippen molar-refractivity contribution < 1.29 is 0 Å². The van der Waals surface area contributed by atoms with E-state index in [0.717, 1.165) is 25.9 Å². The van der Waals surface area contributed by atoms with Crippen LogP contribution in [-0.4, -0.2) is 22.6 Å². The number of hydrogen-bond acceptors (Lipinski definition) is 2. The van der Waals surface area contributed by atoms with Crippen LogP contribution in [0.15, 0.2) is 36.7 Å². The van der Waals surface area contributed by atoms with E-state index in [4.69, 9.17) is 0 Å². The van der Waals surface area contributed by atoms with Crippen LogP contribution in [0.25, 0.3) is 0 Å². The normalized spacial score (nSPS) is 12.5. The molecule has 1 aromatic heterocycles. The van der Waals surface area contributed by atoms with Gasteiger partial charge < -0.3 is 9.88 Å². The van der Waals surface area contributed by atoms with Crippen molar-refractivity contribution in [2.45, 2.75) is 33.1 Å². The maximum Gasteiger partial charge on any atom is 0.108 e. The van der Waals surface area contributed by atoms with E-state index >= 15 is 0 Å². The van der Waals surface area contributed by atoms with Crippen LogP contribution in [0.5, 0.6) is 0 Å². The molecular weight excluding hydrogens is 258 g/mol. The van der Waals surface area contributed by atoms with Crippen LogP contribution in [0.1, 0.15) is 30.3 Å². The first kappa shape index (κ1) is 15.8. The summed E-state index contributed by atoms with van der Waals surface area (Å²) in [7, 11) is 2.07. The van der Waals surface area contributed by atoms with Gasteiger partial charge in [0.2, 0.25) is 0 Å². The molecule has 114 valence electrons. The van der Waals surface area contributed by atoms with Gasteiger partial charge >= 0.3 is 0 Å². The van der Waals surface area contributed by atoms with Crippen LogP contribution in [-0.2, 0) is 19.9 Å². The molecule has 0 radical (unpaired) electrons. The monoisotopic (exact) mass is 285 g/mol. The van der Waals surface area contributed by atoms with Crippen LogP contribution in [0.4, 0.5) is 0 Å². The summed E-state index contributed by atoms with van der Waals surface area (Å²) in [4.78, 5) is 4.44. The molecule has 0 aliphatic heterocycles. The lowest BCUT2D eigenvalue weighted by molar-refractivity contribution is 0.442. The summed E-state index contributed by atoms with van der Waals surface area (Å²) < 4.78 is 2.12. The van der Waals surface area contributed by atoms with Crippen molar-refractivity contribution in [2.24, 2.45) is 13.0 Å². The summed E-state index contributed by atoms with van der Waals surface area (Å²) in [6, 6.07) is 8.73. The number of aryl methyl sites for hydroxylation is 3. The van der Waals surface area contributed by atoms with Crippen molar-refractivity contribution in [2.75, 3.05) is 13.1 Å². The van der Waals surface area contributed by atoms with Gasteiger partial charge in [-0.2, -0.15) is 0 Å². The van der Waals surface area contributed by atoms with Gasteiger partial charge in [0.1, 0.15) is 5.82 Å². The molecule has 3 heteroatoms. The number of nitrogens with one attached hydrogen (secondary N) is 1. The molecule has 0 spiro atoms. The van der Waals surface area contributed by atoms with Crippen molar-refractivity contribution in [3.8, 4) is 0 Å². The quantitative estimate of drug-likeness (QED) is 0.807. The highest BCUT2D eigenvalue weighted by molar-refractivity contribution is 5.26. The Morgan fingerprint density at radius 1 is 1.29 bits per heavy atom. The Labute approximate surface area is 128 Å². The van der Waals surface area contributed by atoms with Crippen LogP contribution in [0.2, 0.25) is 0 Å². The molecule has 0 aliphatic rings. The lowest BCUT2D eigenvalue weighted by Gasteiger charge is -2.18. The van der Waals surface area contributed by atoms with E-state index in [1.54, 1.807) is 0 Å². The fraction of sp³-hybridized carbons (Fsp3) is 0.500. The molecule has 1 N–H and O–H groups in total. The smallest absolute Gasteiger partial charge is 0.108 e. The molecule has 1 aromatic carbocycles. The molecule has 3 nitrogen and oxygen atoms in total. The van der Waals surface area contributed by atoms with E-state index < -0.39 is 0 Å². The van der Waals surface area contributed by atoms with Gasteiger partial charge in [-0.1, -0.05) is 31.2 Å². The van der Waals surface area contributed by atoms with Gasteiger partial charge in [0.05, 0.1) is 0 Å². The van der Waals surface area contributed by atoms with Gasteiger partial charge in [-0.3, -0.25) is 0 Å². The SMILES string of the molecule is CCNCC(CCc1nccn1C)Cc1ccccc1C. The largest absolute Gasteiger partial charge is 0.338 e. The Balaban J connectivity index is 1.97. The molecule has 21 heavy (non-hydrogen) atoms. The molecule has 0 amide bonds. The number of aromatic nitrogens is 2. The molecule has 0 aliphatic carbocycles. The third-order valence-corrected chi connectivity index (χ3v) is 4.15. The summed E-state index contributed by atoms with van der Waals surface area (Å²) in [5, 5.41) is 3.51. The summed E-state index contributed by atoms with van der Waals surface area (Å²) in [6.07, 6.45) is 7.27. The maximum atomic E-state index is 4.44. The van der Waals surface area contributed by atoms with Crippen LogP contribution in [0, 0.1) is 12.8 Å². The fourth-order valence-electron chi connectivity index (χ4n) is 2.75. The maximum absolute atomic E-state index is 4.44. The van der Waals surface area contributed by atoms with Crippen molar-refractivity contribution in [1.82, 2.24) is 14.9 Å². The lowest BCUT2D eigenvalue weighted by atomic mass is 9.92. The average Bonchev–Trinajstić information content (AvgIpc) is 2.89. The summed E-state index contributed by atoms with van der Waals surface area (Å²) >= 11 is 0. The molecule has 1 heterocycles. The van der Waals surface area contributed by atoms with E-state index in [9.17, 15) is 0 Å². The Hall–Kier alpha value is -1.61. The van der Waals surface area contributed by atoms with E-state index in [1.165, 1.54) is 23.4 Å². The van der Waals surface area contributed by atoms with Gasteiger partial charge in [-0.15, -0.1) is 0 Å². The van der Waals surface area contributed by atoms with Crippen molar-refractivity contribution in [3.63, 3.8) is 0 Å². The van der Waals surface area contributed by atoms with Crippen LogP contribution in [0.3, 0.4) is 0 Å². The first-order valence-electron chi connectivity index (χ1n) is 7.92. The molecule has 0 fully saturated rings. The minimum atomic E-state index is 0.655. The van der Waals surface area contributed by atoms with Gasteiger partial charge in [-0.25, -0.2) is 4.98 Å². The number of imidazole rings is 1. The highest BCUT2D eigenvalue weighted by atomic mass is 15.0. The predicted molar refractivity (Wildman–Crippen MR) is 88.4 cm³/mol. The van der Waals surface area contributed by atoms with Gasteiger partial charge in [-0.05, 0) is 49.9 Å². The second-order valence-electron chi connectivity index (χ2n) is 5.80. The van der Waals surface area contributed by atoms with E-state index in [0.29, 0.717) is 5.92 Å². The molecule has 0 saturated heterocycles. The second kappa shape index (κ2) is 7.99. The Kier molecular flexibility index (Phi) is 6.00. The van der Waals surface area contributed by atoms with Crippen molar-refractivity contribution in [3.05, 3.63) is 53.6 Å². The molecule has 0 saturated carbocycles. The zero-order valence-electron chi connectivity index (χ0n) is 13.5. The topological polar surface area (TPSA) is 29.9 Å². The summed E-state index contributed by atoms with van der Waals surface area (Å²) in [5.74, 6) is 1.84. The number of hydrogen-bond donors (Lipinski definition) is 1. The molecule has 2 rings (SSSR count). The van der Waals surface area contributed by atoms with Crippen molar-refractivity contribution >= 4 is 0 Å². The molecule has 1 atom stereocenters. The third-order valence-electron chi connectivity index (χ3n) is 4.15. The Morgan fingerprint density at radius 3 is 2.76 bits per heavy atom. The second-order valence-corrected chi connectivity index (χ2v) is 5.80. The minimum absolute atomic E-state index is 0.655. The average molecular weight is 285 g/mol. The molecule has 2 aromatic rings. The predicted octanol–water partition coefficient (Wildman–Crippen LogP) is 3.13. The Bertz CT molecular complexity index is 545. The van der Waals surface area contributed by atoms with E-state index in [-0.39, 0.29) is 0 Å². The zero-order valence-corrected chi connectivity index (χ0v) is 13.5. The number of benzene rings is 1. The fourth-order valence-corrected chi connectivity index (χ4v) is 2.75. The van der Waals surface area contributed by atoms with Crippen molar-refractivity contribution in [1.29, 1.82) is 0 Å². The zero-order chi connectivity index (χ0) is 15.1. The van der Waals surface area contributed by atoms with Gasteiger partial charge in [0.15, 0.2) is 0 Å². The van der Waals surface area contributed by atoms with Crippen LogP contribution < -0.4 is 5.32 Å². The van der Waals surface area contributed by atoms with Gasteiger partial charge in [0, 0.05) is 25.9 Å². The van der Waals surface area contributed by atoms with E-state index in [2.05, 4.69) is 60.0 Å². The highest BCUT2D eigenvalue weighted by Gasteiger charge is 2.12. The summed E-state index contributed by atoms with van der Waals surface area (Å²) in [6.45, 7) is 6.49. The molecular formula is C18H27N3. The Morgan fingerprint density at radius 2 is 2.10 bits per heavy atom. The number of nitrogens with zero attached hydrogens (tertiary/aromatic N) is 2. The van der Waals surface area contributed by atoms with Gasteiger partial charge in [0.25, 0.3) is 0 Å². The first-order chi connectivity index (χ1) is 10.2. The third kappa shape index (κ3) is 4.71. The van der Waals surface area contributed by atoms with E-state index in [1.807, 2.05) is 12.4 Å². The standard InChI is InChI=1S/C18H27N3/c1-4-19-14-16(9-10-18-20-11-12-21(18)3)13-17-8-6-5-7-15(17)2/h5-8,11-12,16,19H,4,9-10,13-14H2,1-3H3. The molecule has 0 bridgehead atoms. The lowest BCUT2D eigenvalue weighted by Crippen LogP contribution is -2.25. The van der Waals surface area contributed by atoms with Crippen LogP contribution >= 0.6 is 0 Å². The minimum Gasteiger partial charge on any atom is -0.338 e. The highest BCUT2D eigenvalue weighted by Crippen LogP contribution is 2.17. The number of rotatable bonds is 8. The summed E-state index contributed by atoms with van der Waals surface area (Å²) in [5.41, 5.74) is 2.87. The molecule has 1 unspecified atom stereocenters.